The Hall–Kier alpha value is -2.43. The minimum atomic E-state index is -0.201. The number of pyridine rings is 2. The predicted octanol–water partition coefficient (Wildman–Crippen LogP) is 2.15. The van der Waals surface area contributed by atoms with E-state index >= 15 is 0 Å². The first-order chi connectivity index (χ1) is 9.69. The molecule has 5 nitrogen and oxygen atoms in total. The van der Waals surface area contributed by atoms with Crippen LogP contribution in [0.3, 0.4) is 0 Å². The summed E-state index contributed by atoms with van der Waals surface area (Å²) in [7, 11) is 0. The van der Waals surface area contributed by atoms with Crippen molar-refractivity contribution < 1.29 is 4.79 Å². The average Bonchev–Trinajstić information content (AvgIpc) is 2.45. The summed E-state index contributed by atoms with van der Waals surface area (Å²) in [5, 5.41) is 5.90. The summed E-state index contributed by atoms with van der Waals surface area (Å²) in [6.45, 7) is 5.07. The van der Waals surface area contributed by atoms with Gasteiger partial charge in [0.1, 0.15) is 11.5 Å². The SMILES string of the molecule is CCNc1cccc(C(=O)NCc2cccc(C)n2)n1. The molecule has 104 valence electrons. The smallest absolute Gasteiger partial charge is 0.270 e. The Bertz CT molecular complexity index is 598. The standard InChI is InChI=1S/C15H18N4O/c1-3-16-14-9-5-8-13(19-14)15(20)17-10-12-7-4-6-11(2)18-12/h4-9H,3,10H2,1-2H3,(H,16,19)(H,17,20). The van der Waals surface area contributed by atoms with E-state index in [1.807, 2.05) is 44.2 Å². The zero-order valence-corrected chi connectivity index (χ0v) is 11.7. The lowest BCUT2D eigenvalue weighted by atomic mass is 10.3. The molecule has 2 aromatic rings. The molecule has 0 saturated heterocycles. The van der Waals surface area contributed by atoms with Crippen LogP contribution in [0.15, 0.2) is 36.4 Å². The minimum absolute atomic E-state index is 0.201. The fraction of sp³-hybridized carbons (Fsp3) is 0.267. The number of hydrogen-bond donors (Lipinski definition) is 2. The Morgan fingerprint density at radius 3 is 2.70 bits per heavy atom. The van der Waals surface area contributed by atoms with Gasteiger partial charge in [0.2, 0.25) is 0 Å². The van der Waals surface area contributed by atoms with E-state index in [0.29, 0.717) is 18.1 Å². The molecule has 5 heteroatoms. The molecule has 0 aliphatic rings. The van der Waals surface area contributed by atoms with Crippen LogP contribution in [0.1, 0.15) is 28.8 Å². The van der Waals surface area contributed by atoms with Gasteiger partial charge in [-0.15, -0.1) is 0 Å². The quantitative estimate of drug-likeness (QED) is 0.873. The molecule has 2 rings (SSSR count). The Labute approximate surface area is 118 Å². The number of nitrogens with one attached hydrogen (secondary N) is 2. The van der Waals surface area contributed by atoms with Crippen LogP contribution in [0.2, 0.25) is 0 Å². The molecule has 0 unspecified atom stereocenters. The molecule has 2 aromatic heterocycles. The average molecular weight is 270 g/mol. The number of carbonyl (C=O) groups excluding carboxylic acids is 1. The van der Waals surface area contributed by atoms with Crippen molar-refractivity contribution in [1.29, 1.82) is 0 Å². The van der Waals surface area contributed by atoms with Gasteiger partial charge in [0.25, 0.3) is 5.91 Å². The Kier molecular flexibility index (Phi) is 4.65. The van der Waals surface area contributed by atoms with Crippen molar-refractivity contribution in [2.45, 2.75) is 20.4 Å². The summed E-state index contributed by atoms with van der Waals surface area (Å²) < 4.78 is 0. The van der Waals surface area contributed by atoms with Gasteiger partial charge in [-0.3, -0.25) is 9.78 Å². The lowest BCUT2D eigenvalue weighted by Crippen LogP contribution is -2.24. The zero-order valence-electron chi connectivity index (χ0n) is 11.7. The van der Waals surface area contributed by atoms with E-state index in [2.05, 4.69) is 20.6 Å². The highest BCUT2D eigenvalue weighted by atomic mass is 16.1. The van der Waals surface area contributed by atoms with Gasteiger partial charge < -0.3 is 10.6 Å². The van der Waals surface area contributed by atoms with E-state index in [1.54, 1.807) is 6.07 Å². The van der Waals surface area contributed by atoms with Gasteiger partial charge in [0.15, 0.2) is 0 Å². The van der Waals surface area contributed by atoms with Gasteiger partial charge in [-0.1, -0.05) is 12.1 Å². The molecule has 0 fully saturated rings. The van der Waals surface area contributed by atoms with E-state index in [9.17, 15) is 4.79 Å². The highest BCUT2D eigenvalue weighted by molar-refractivity contribution is 5.92. The van der Waals surface area contributed by atoms with E-state index in [0.717, 1.165) is 17.9 Å². The lowest BCUT2D eigenvalue weighted by Gasteiger charge is -2.07. The van der Waals surface area contributed by atoms with Crippen molar-refractivity contribution in [2.75, 3.05) is 11.9 Å². The van der Waals surface area contributed by atoms with Gasteiger partial charge in [-0.25, -0.2) is 4.98 Å². The van der Waals surface area contributed by atoms with Gasteiger partial charge in [-0.2, -0.15) is 0 Å². The maximum absolute atomic E-state index is 12.0. The maximum Gasteiger partial charge on any atom is 0.270 e. The third kappa shape index (κ3) is 3.78. The number of amides is 1. The van der Waals surface area contributed by atoms with Gasteiger partial charge in [0.05, 0.1) is 12.2 Å². The molecule has 0 bridgehead atoms. The number of carbonyl (C=O) groups is 1. The monoisotopic (exact) mass is 270 g/mol. The summed E-state index contributed by atoms with van der Waals surface area (Å²) >= 11 is 0. The molecule has 0 saturated carbocycles. The molecule has 1 amide bonds. The van der Waals surface area contributed by atoms with Crippen LogP contribution < -0.4 is 10.6 Å². The van der Waals surface area contributed by atoms with Crippen molar-refractivity contribution >= 4 is 11.7 Å². The Morgan fingerprint density at radius 1 is 1.15 bits per heavy atom. The van der Waals surface area contributed by atoms with E-state index < -0.39 is 0 Å². The van der Waals surface area contributed by atoms with Crippen LogP contribution in [0, 0.1) is 6.92 Å². The lowest BCUT2D eigenvalue weighted by molar-refractivity contribution is 0.0945. The maximum atomic E-state index is 12.0. The molecule has 2 heterocycles. The second-order valence-electron chi connectivity index (χ2n) is 4.39. The number of rotatable bonds is 5. The first-order valence-electron chi connectivity index (χ1n) is 6.60. The highest BCUT2D eigenvalue weighted by Gasteiger charge is 2.07. The molecule has 0 aliphatic heterocycles. The molecule has 20 heavy (non-hydrogen) atoms. The molecule has 0 atom stereocenters. The second kappa shape index (κ2) is 6.65. The van der Waals surface area contributed by atoms with Crippen molar-refractivity contribution in [1.82, 2.24) is 15.3 Å². The van der Waals surface area contributed by atoms with Gasteiger partial charge in [0, 0.05) is 12.2 Å². The van der Waals surface area contributed by atoms with Crippen molar-refractivity contribution in [3.63, 3.8) is 0 Å². The molecular weight excluding hydrogens is 252 g/mol. The van der Waals surface area contributed by atoms with Crippen molar-refractivity contribution in [3.05, 3.63) is 53.5 Å². The summed E-state index contributed by atoms with van der Waals surface area (Å²) in [5.74, 6) is 0.502. The molecule has 0 aliphatic carbocycles. The molecule has 2 N–H and O–H groups in total. The van der Waals surface area contributed by atoms with E-state index in [-0.39, 0.29) is 5.91 Å². The topological polar surface area (TPSA) is 66.9 Å². The van der Waals surface area contributed by atoms with Gasteiger partial charge in [-0.05, 0) is 38.1 Å². The highest BCUT2D eigenvalue weighted by Crippen LogP contribution is 2.05. The summed E-state index contributed by atoms with van der Waals surface area (Å²) in [6, 6.07) is 11.1. The predicted molar refractivity (Wildman–Crippen MR) is 78.5 cm³/mol. The molecule has 0 aromatic carbocycles. The number of aromatic nitrogens is 2. The number of hydrogen-bond acceptors (Lipinski definition) is 4. The van der Waals surface area contributed by atoms with Crippen molar-refractivity contribution in [3.8, 4) is 0 Å². The summed E-state index contributed by atoms with van der Waals surface area (Å²) in [5.41, 5.74) is 2.17. The minimum Gasteiger partial charge on any atom is -0.370 e. The van der Waals surface area contributed by atoms with Crippen LogP contribution in [0.4, 0.5) is 5.82 Å². The molecular formula is C15H18N4O. The van der Waals surface area contributed by atoms with Crippen LogP contribution in [0.25, 0.3) is 0 Å². The Balaban J connectivity index is 1.99. The third-order valence-corrected chi connectivity index (χ3v) is 2.72. The normalized spacial score (nSPS) is 10.1. The third-order valence-electron chi connectivity index (χ3n) is 2.72. The summed E-state index contributed by atoms with van der Waals surface area (Å²) in [6.07, 6.45) is 0. The van der Waals surface area contributed by atoms with Crippen LogP contribution in [-0.2, 0) is 6.54 Å². The number of anilines is 1. The number of nitrogens with zero attached hydrogens (tertiary/aromatic N) is 2. The fourth-order valence-electron chi connectivity index (χ4n) is 1.80. The van der Waals surface area contributed by atoms with Crippen LogP contribution >= 0.6 is 0 Å². The molecule has 0 spiro atoms. The van der Waals surface area contributed by atoms with Gasteiger partial charge >= 0.3 is 0 Å². The van der Waals surface area contributed by atoms with E-state index in [1.165, 1.54) is 0 Å². The largest absolute Gasteiger partial charge is 0.370 e. The molecule has 0 radical (unpaired) electrons. The Morgan fingerprint density at radius 2 is 1.95 bits per heavy atom. The second-order valence-corrected chi connectivity index (χ2v) is 4.39. The number of aryl methyl sites for hydroxylation is 1. The fourth-order valence-corrected chi connectivity index (χ4v) is 1.80. The van der Waals surface area contributed by atoms with Crippen LogP contribution in [-0.4, -0.2) is 22.4 Å². The van der Waals surface area contributed by atoms with Crippen LogP contribution in [0.5, 0.6) is 0 Å². The first kappa shape index (κ1) is 14.0. The van der Waals surface area contributed by atoms with Crippen molar-refractivity contribution in [2.24, 2.45) is 0 Å². The first-order valence-corrected chi connectivity index (χ1v) is 6.60. The van der Waals surface area contributed by atoms with E-state index in [4.69, 9.17) is 0 Å². The summed E-state index contributed by atoms with van der Waals surface area (Å²) in [4.78, 5) is 20.6. The zero-order chi connectivity index (χ0) is 14.4.